The van der Waals surface area contributed by atoms with Crippen LogP contribution in [-0.2, 0) is 6.42 Å². The smallest absolute Gasteiger partial charge is 0.137 e. The van der Waals surface area contributed by atoms with Crippen LogP contribution in [0.3, 0.4) is 0 Å². The molecular formula is C12H18ClNO2. The molecule has 0 spiro atoms. The number of nitrogens with two attached hydrogens (primary N) is 1. The molecule has 0 radical (unpaired) electrons. The van der Waals surface area contributed by atoms with Crippen LogP contribution in [0.2, 0.25) is 5.02 Å². The average molecular weight is 244 g/mol. The third-order valence-electron chi connectivity index (χ3n) is 2.41. The van der Waals surface area contributed by atoms with Gasteiger partial charge in [0.2, 0.25) is 0 Å². The molecule has 1 aromatic rings. The molecule has 0 aromatic heterocycles. The second kappa shape index (κ2) is 6.74. The Morgan fingerprint density at radius 3 is 2.75 bits per heavy atom. The summed E-state index contributed by atoms with van der Waals surface area (Å²) in [5, 5.41) is 9.66. The number of benzene rings is 1. The topological polar surface area (TPSA) is 55.5 Å². The summed E-state index contributed by atoms with van der Waals surface area (Å²) in [4.78, 5) is 0. The van der Waals surface area contributed by atoms with E-state index >= 15 is 0 Å². The van der Waals surface area contributed by atoms with Gasteiger partial charge < -0.3 is 15.6 Å². The van der Waals surface area contributed by atoms with E-state index in [-0.39, 0.29) is 12.5 Å². The number of halogens is 1. The van der Waals surface area contributed by atoms with Crippen LogP contribution in [0.4, 0.5) is 0 Å². The summed E-state index contributed by atoms with van der Waals surface area (Å²) in [5.74, 6) is 0.787. The Labute approximate surface area is 101 Å². The molecule has 0 saturated carbocycles. The summed E-state index contributed by atoms with van der Waals surface area (Å²) in [5.41, 5.74) is 6.60. The van der Waals surface area contributed by atoms with Gasteiger partial charge in [-0.3, -0.25) is 0 Å². The molecule has 16 heavy (non-hydrogen) atoms. The van der Waals surface area contributed by atoms with Gasteiger partial charge in [0.1, 0.15) is 5.75 Å². The lowest BCUT2D eigenvalue weighted by Crippen LogP contribution is -2.20. The molecule has 0 bridgehead atoms. The number of aliphatic hydroxyl groups is 1. The van der Waals surface area contributed by atoms with Crippen LogP contribution in [0.5, 0.6) is 5.75 Å². The SMILES string of the molecule is CCOc1ccc(CC(CN)CO)cc1Cl. The predicted octanol–water partition coefficient (Wildman–Crippen LogP) is 1.85. The lowest BCUT2D eigenvalue weighted by Gasteiger charge is -2.12. The van der Waals surface area contributed by atoms with Crippen molar-refractivity contribution >= 4 is 11.6 Å². The molecule has 4 heteroatoms. The summed E-state index contributed by atoms with van der Waals surface area (Å²) in [6.07, 6.45) is 0.735. The van der Waals surface area contributed by atoms with E-state index < -0.39 is 0 Å². The Kier molecular flexibility index (Phi) is 5.60. The summed E-state index contributed by atoms with van der Waals surface area (Å²) >= 11 is 6.06. The fourth-order valence-electron chi connectivity index (χ4n) is 1.50. The number of hydrogen-bond acceptors (Lipinski definition) is 3. The van der Waals surface area contributed by atoms with Gasteiger partial charge in [0.05, 0.1) is 11.6 Å². The van der Waals surface area contributed by atoms with Crippen LogP contribution in [0.15, 0.2) is 18.2 Å². The third kappa shape index (κ3) is 3.67. The first-order valence-electron chi connectivity index (χ1n) is 5.43. The highest BCUT2D eigenvalue weighted by Crippen LogP contribution is 2.26. The van der Waals surface area contributed by atoms with Crippen LogP contribution in [0.1, 0.15) is 12.5 Å². The Bertz CT molecular complexity index is 327. The van der Waals surface area contributed by atoms with Crippen LogP contribution < -0.4 is 10.5 Å². The summed E-state index contributed by atoms with van der Waals surface area (Å²) in [7, 11) is 0. The first-order chi connectivity index (χ1) is 7.71. The number of hydrogen-bond donors (Lipinski definition) is 2. The van der Waals surface area contributed by atoms with Gasteiger partial charge in [-0.05, 0) is 43.5 Å². The van der Waals surface area contributed by atoms with Crippen molar-refractivity contribution in [2.75, 3.05) is 19.8 Å². The molecule has 3 N–H and O–H groups in total. The van der Waals surface area contributed by atoms with E-state index in [9.17, 15) is 0 Å². The average Bonchev–Trinajstić information content (AvgIpc) is 2.29. The third-order valence-corrected chi connectivity index (χ3v) is 2.71. The van der Waals surface area contributed by atoms with Crippen molar-refractivity contribution in [2.24, 2.45) is 11.7 Å². The van der Waals surface area contributed by atoms with E-state index in [1.165, 1.54) is 0 Å². The normalized spacial score (nSPS) is 12.5. The molecule has 1 unspecified atom stereocenters. The van der Waals surface area contributed by atoms with E-state index in [2.05, 4.69) is 0 Å². The van der Waals surface area contributed by atoms with Crippen molar-refractivity contribution in [1.82, 2.24) is 0 Å². The molecular weight excluding hydrogens is 226 g/mol. The highest BCUT2D eigenvalue weighted by Gasteiger charge is 2.08. The molecule has 1 atom stereocenters. The minimum atomic E-state index is 0.0917. The predicted molar refractivity (Wildman–Crippen MR) is 66.0 cm³/mol. The molecule has 0 amide bonds. The standard InChI is InChI=1S/C12H18ClNO2/c1-2-16-12-4-3-9(6-11(12)13)5-10(7-14)8-15/h3-4,6,10,15H,2,5,7-8,14H2,1H3. The zero-order chi connectivity index (χ0) is 12.0. The highest BCUT2D eigenvalue weighted by molar-refractivity contribution is 6.32. The summed E-state index contributed by atoms with van der Waals surface area (Å²) in [6.45, 7) is 3.09. The molecule has 0 saturated heterocycles. The first kappa shape index (κ1) is 13.3. The van der Waals surface area contributed by atoms with E-state index in [1.54, 1.807) is 0 Å². The molecule has 0 heterocycles. The van der Waals surface area contributed by atoms with Crippen molar-refractivity contribution in [3.63, 3.8) is 0 Å². The fourth-order valence-corrected chi connectivity index (χ4v) is 1.76. The summed E-state index contributed by atoms with van der Waals surface area (Å²) < 4.78 is 5.34. The second-order valence-corrected chi connectivity index (χ2v) is 4.09. The van der Waals surface area contributed by atoms with Crippen molar-refractivity contribution in [1.29, 1.82) is 0 Å². The van der Waals surface area contributed by atoms with Crippen LogP contribution >= 0.6 is 11.6 Å². The van der Waals surface area contributed by atoms with Gasteiger partial charge >= 0.3 is 0 Å². The molecule has 3 nitrogen and oxygen atoms in total. The second-order valence-electron chi connectivity index (χ2n) is 3.69. The molecule has 0 aliphatic carbocycles. The van der Waals surface area contributed by atoms with E-state index in [0.29, 0.717) is 23.9 Å². The van der Waals surface area contributed by atoms with Gasteiger partial charge in [0.15, 0.2) is 0 Å². The van der Waals surface area contributed by atoms with E-state index in [0.717, 1.165) is 12.0 Å². The fraction of sp³-hybridized carbons (Fsp3) is 0.500. The van der Waals surface area contributed by atoms with E-state index in [1.807, 2.05) is 25.1 Å². The maximum absolute atomic E-state index is 9.06. The van der Waals surface area contributed by atoms with Gasteiger partial charge in [0, 0.05) is 6.61 Å². The lowest BCUT2D eigenvalue weighted by molar-refractivity contribution is 0.230. The van der Waals surface area contributed by atoms with Crippen LogP contribution in [0, 0.1) is 5.92 Å². The maximum atomic E-state index is 9.06. The molecule has 90 valence electrons. The zero-order valence-electron chi connectivity index (χ0n) is 9.45. The largest absolute Gasteiger partial charge is 0.492 e. The van der Waals surface area contributed by atoms with Gasteiger partial charge in [0.25, 0.3) is 0 Å². The van der Waals surface area contributed by atoms with Gasteiger partial charge in [-0.15, -0.1) is 0 Å². The Balaban J connectivity index is 2.72. The van der Waals surface area contributed by atoms with Gasteiger partial charge in [-0.2, -0.15) is 0 Å². The lowest BCUT2D eigenvalue weighted by atomic mass is 10.0. The number of ether oxygens (including phenoxy) is 1. The van der Waals surface area contributed by atoms with Gasteiger partial charge in [-0.1, -0.05) is 17.7 Å². The van der Waals surface area contributed by atoms with Crippen LogP contribution in [0.25, 0.3) is 0 Å². The molecule has 1 rings (SSSR count). The zero-order valence-corrected chi connectivity index (χ0v) is 10.2. The van der Waals surface area contributed by atoms with Crippen molar-refractivity contribution in [3.8, 4) is 5.75 Å². The Morgan fingerprint density at radius 2 is 2.25 bits per heavy atom. The van der Waals surface area contributed by atoms with Crippen molar-refractivity contribution in [3.05, 3.63) is 28.8 Å². The monoisotopic (exact) mass is 243 g/mol. The highest BCUT2D eigenvalue weighted by atomic mass is 35.5. The Hall–Kier alpha value is -0.770. The molecule has 0 fully saturated rings. The van der Waals surface area contributed by atoms with Gasteiger partial charge in [-0.25, -0.2) is 0 Å². The van der Waals surface area contributed by atoms with E-state index in [4.69, 9.17) is 27.2 Å². The van der Waals surface area contributed by atoms with Crippen molar-refractivity contribution < 1.29 is 9.84 Å². The van der Waals surface area contributed by atoms with Crippen LogP contribution in [-0.4, -0.2) is 24.9 Å². The maximum Gasteiger partial charge on any atom is 0.137 e. The first-order valence-corrected chi connectivity index (χ1v) is 5.81. The Morgan fingerprint density at radius 1 is 1.50 bits per heavy atom. The quantitative estimate of drug-likeness (QED) is 0.802. The minimum Gasteiger partial charge on any atom is -0.492 e. The molecule has 1 aromatic carbocycles. The molecule has 0 aliphatic rings. The molecule has 0 aliphatic heterocycles. The number of aliphatic hydroxyl groups excluding tert-OH is 1. The van der Waals surface area contributed by atoms with Crippen molar-refractivity contribution in [2.45, 2.75) is 13.3 Å². The number of rotatable bonds is 6. The minimum absolute atomic E-state index is 0.0917. The summed E-state index contributed by atoms with van der Waals surface area (Å²) in [6, 6.07) is 5.67.